The molecule has 5 heteroatoms. The van der Waals surface area contributed by atoms with Crippen LogP contribution in [0.25, 0.3) is 0 Å². The molecule has 0 aliphatic heterocycles. The summed E-state index contributed by atoms with van der Waals surface area (Å²) in [6, 6.07) is 7.05. The molecule has 1 fully saturated rings. The molecule has 0 saturated heterocycles. The van der Waals surface area contributed by atoms with Crippen LogP contribution in [0.4, 0.5) is 0 Å². The number of hydrogen-bond donors (Lipinski definition) is 3. The van der Waals surface area contributed by atoms with Crippen molar-refractivity contribution in [2.75, 3.05) is 13.1 Å². The van der Waals surface area contributed by atoms with Crippen molar-refractivity contribution in [2.45, 2.75) is 38.1 Å². The lowest BCUT2D eigenvalue weighted by molar-refractivity contribution is 0.0927. The molecule has 1 saturated carbocycles. The first kappa shape index (κ1) is 15.5. The van der Waals surface area contributed by atoms with Gasteiger partial charge in [-0.15, -0.1) is 0 Å². The molecule has 4 N–H and O–H groups in total. The van der Waals surface area contributed by atoms with Crippen LogP contribution in [0.1, 0.15) is 52.8 Å². The molecule has 0 bridgehead atoms. The molecule has 0 radical (unpaired) electrons. The number of carbonyl (C=O) groups is 2. The SMILES string of the molecule is NCCNC(=O)c1cccc(C(=O)NC2CCCCC2)c1. The topological polar surface area (TPSA) is 84.2 Å². The van der Waals surface area contributed by atoms with Crippen LogP contribution in [0.3, 0.4) is 0 Å². The van der Waals surface area contributed by atoms with E-state index in [-0.39, 0.29) is 17.9 Å². The molecule has 0 spiro atoms. The Bertz CT molecular complexity index is 496. The number of nitrogens with two attached hydrogens (primary N) is 1. The van der Waals surface area contributed by atoms with Crippen molar-refractivity contribution in [1.29, 1.82) is 0 Å². The zero-order valence-electron chi connectivity index (χ0n) is 12.2. The van der Waals surface area contributed by atoms with E-state index in [1.54, 1.807) is 24.3 Å². The molecule has 1 aliphatic carbocycles. The van der Waals surface area contributed by atoms with Gasteiger partial charge in [-0.05, 0) is 31.0 Å². The Hall–Kier alpha value is -1.88. The van der Waals surface area contributed by atoms with Crippen molar-refractivity contribution in [2.24, 2.45) is 5.73 Å². The smallest absolute Gasteiger partial charge is 0.251 e. The number of amides is 2. The fraction of sp³-hybridized carbons (Fsp3) is 0.500. The fourth-order valence-electron chi connectivity index (χ4n) is 2.61. The van der Waals surface area contributed by atoms with E-state index in [1.165, 1.54) is 19.3 Å². The van der Waals surface area contributed by atoms with Crippen LogP contribution < -0.4 is 16.4 Å². The molecule has 0 unspecified atom stereocenters. The average molecular weight is 289 g/mol. The maximum absolute atomic E-state index is 12.2. The standard InChI is InChI=1S/C16H23N3O2/c17-9-10-18-15(20)12-5-4-6-13(11-12)16(21)19-14-7-2-1-3-8-14/h4-6,11,14H,1-3,7-10,17H2,(H,18,20)(H,19,21). The van der Waals surface area contributed by atoms with Gasteiger partial charge in [0.15, 0.2) is 0 Å². The second kappa shape index (κ2) is 7.78. The van der Waals surface area contributed by atoms with Crippen molar-refractivity contribution in [1.82, 2.24) is 10.6 Å². The van der Waals surface area contributed by atoms with Gasteiger partial charge in [0.05, 0.1) is 0 Å². The Balaban J connectivity index is 1.98. The van der Waals surface area contributed by atoms with Gasteiger partial charge in [0, 0.05) is 30.3 Å². The lowest BCUT2D eigenvalue weighted by Gasteiger charge is -2.22. The molecule has 0 atom stereocenters. The van der Waals surface area contributed by atoms with E-state index in [0.29, 0.717) is 24.2 Å². The van der Waals surface area contributed by atoms with Crippen molar-refractivity contribution < 1.29 is 9.59 Å². The second-order valence-corrected chi connectivity index (χ2v) is 5.43. The molecule has 0 heterocycles. The lowest BCUT2D eigenvalue weighted by Crippen LogP contribution is -2.36. The molecule has 1 aromatic rings. The average Bonchev–Trinajstić information content (AvgIpc) is 2.53. The van der Waals surface area contributed by atoms with Crippen molar-refractivity contribution in [3.05, 3.63) is 35.4 Å². The Kier molecular flexibility index (Phi) is 5.75. The van der Waals surface area contributed by atoms with Crippen LogP contribution in [0.15, 0.2) is 24.3 Å². The first-order chi connectivity index (χ1) is 10.2. The summed E-state index contributed by atoms with van der Waals surface area (Å²) in [6.45, 7) is 0.824. The van der Waals surface area contributed by atoms with Crippen molar-refractivity contribution >= 4 is 11.8 Å². The van der Waals surface area contributed by atoms with Crippen LogP contribution in [0, 0.1) is 0 Å². The minimum atomic E-state index is -0.201. The highest BCUT2D eigenvalue weighted by Crippen LogP contribution is 2.18. The van der Waals surface area contributed by atoms with E-state index in [2.05, 4.69) is 10.6 Å². The number of nitrogens with one attached hydrogen (secondary N) is 2. The van der Waals surface area contributed by atoms with E-state index >= 15 is 0 Å². The quantitative estimate of drug-likeness (QED) is 0.767. The van der Waals surface area contributed by atoms with E-state index in [1.807, 2.05) is 0 Å². The van der Waals surface area contributed by atoms with Crippen LogP contribution >= 0.6 is 0 Å². The summed E-state index contributed by atoms with van der Waals surface area (Å²) in [5.41, 5.74) is 6.37. The molecule has 2 rings (SSSR count). The van der Waals surface area contributed by atoms with Gasteiger partial charge in [-0.25, -0.2) is 0 Å². The Morgan fingerprint density at radius 2 is 1.76 bits per heavy atom. The second-order valence-electron chi connectivity index (χ2n) is 5.43. The Morgan fingerprint density at radius 3 is 2.43 bits per heavy atom. The summed E-state index contributed by atoms with van der Waals surface area (Å²) < 4.78 is 0. The minimum absolute atomic E-state index is 0.102. The number of benzene rings is 1. The predicted molar refractivity (Wildman–Crippen MR) is 82.2 cm³/mol. The molecule has 0 aromatic heterocycles. The van der Waals surface area contributed by atoms with Crippen LogP contribution in [0.2, 0.25) is 0 Å². The van der Waals surface area contributed by atoms with Crippen LogP contribution in [-0.4, -0.2) is 30.9 Å². The highest BCUT2D eigenvalue weighted by Gasteiger charge is 2.17. The summed E-state index contributed by atoms with van der Waals surface area (Å²) in [4.78, 5) is 24.1. The summed E-state index contributed by atoms with van der Waals surface area (Å²) in [5, 5.41) is 5.75. The molecule has 1 aromatic carbocycles. The normalized spacial score (nSPS) is 15.5. The number of rotatable bonds is 5. The lowest BCUT2D eigenvalue weighted by atomic mass is 9.95. The van der Waals surface area contributed by atoms with Gasteiger partial charge in [0.1, 0.15) is 0 Å². The molecule has 5 nitrogen and oxygen atoms in total. The number of carbonyl (C=O) groups excluding carboxylic acids is 2. The first-order valence-corrected chi connectivity index (χ1v) is 7.60. The van der Waals surface area contributed by atoms with Crippen LogP contribution in [-0.2, 0) is 0 Å². The molecular weight excluding hydrogens is 266 g/mol. The van der Waals surface area contributed by atoms with Gasteiger partial charge >= 0.3 is 0 Å². The third kappa shape index (κ3) is 4.56. The summed E-state index contributed by atoms with van der Waals surface area (Å²) in [7, 11) is 0. The zero-order valence-corrected chi connectivity index (χ0v) is 12.2. The zero-order chi connectivity index (χ0) is 15.1. The van der Waals surface area contributed by atoms with Gasteiger partial charge in [0.2, 0.25) is 0 Å². The van der Waals surface area contributed by atoms with Crippen molar-refractivity contribution in [3.8, 4) is 0 Å². The molecule has 1 aliphatic rings. The van der Waals surface area contributed by atoms with Gasteiger partial charge in [0.25, 0.3) is 11.8 Å². The van der Waals surface area contributed by atoms with Gasteiger partial charge in [-0.2, -0.15) is 0 Å². The van der Waals surface area contributed by atoms with Gasteiger partial charge in [-0.3, -0.25) is 9.59 Å². The maximum atomic E-state index is 12.2. The summed E-state index contributed by atoms with van der Waals surface area (Å²) in [5.74, 6) is -0.303. The van der Waals surface area contributed by atoms with Gasteiger partial charge in [-0.1, -0.05) is 25.3 Å². The molecule has 2 amide bonds. The van der Waals surface area contributed by atoms with Crippen LogP contribution in [0.5, 0.6) is 0 Å². The van der Waals surface area contributed by atoms with E-state index < -0.39 is 0 Å². The van der Waals surface area contributed by atoms with E-state index in [0.717, 1.165) is 12.8 Å². The monoisotopic (exact) mass is 289 g/mol. The van der Waals surface area contributed by atoms with Gasteiger partial charge < -0.3 is 16.4 Å². The summed E-state index contributed by atoms with van der Waals surface area (Å²) in [6.07, 6.45) is 5.69. The predicted octanol–water partition coefficient (Wildman–Crippen LogP) is 1.44. The maximum Gasteiger partial charge on any atom is 0.251 e. The van der Waals surface area contributed by atoms with Crippen molar-refractivity contribution in [3.63, 3.8) is 0 Å². The molecule has 114 valence electrons. The fourth-order valence-corrected chi connectivity index (χ4v) is 2.61. The Labute approximate surface area is 125 Å². The first-order valence-electron chi connectivity index (χ1n) is 7.60. The number of hydrogen-bond acceptors (Lipinski definition) is 3. The van der Waals surface area contributed by atoms with E-state index in [4.69, 9.17) is 5.73 Å². The molecular formula is C16H23N3O2. The molecule has 21 heavy (non-hydrogen) atoms. The third-order valence-corrected chi connectivity index (χ3v) is 3.76. The highest BCUT2D eigenvalue weighted by molar-refractivity contribution is 5.99. The third-order valence-electron chi connectivity index (χ3n) is 3.76. The summed E-state index contributed by atoms with van der Waals surface area (Å²) >= 11 is 0. The highest BCUT2D eigenvalue weighted by atomic mass is 16.2. The Morgan fingerprint density at radius 1 is 1.10 bits per heavy atom. The largest absolute Gasteiger partial charge is 0.351 e. The minimum Gasteiger partial charge on any atom is -0.351 e. The van der Waals surface area contributed by atoms with E-state index in [9.17, 15) is 9.59 Å².